The number of nitriles is 1. The first kappa shape index (κ1) is 19.7. The molecule has 2 heterocycles. The number of pyridine rings is 1. The minimum atomic E-state index is 0.659. The van der Waals surface area contributed by atoms with Gasteiger partial charge in [-0.3, -0.25) is 0 Å². The molecule has 0 bridgehead atoms. The van der Waals surface area contributed by atoms with E-state index in [4.69, 9.17) is 15.0 Å². The Kier molecular flexibility index (Phi) is 6.28. The maximum Gasteiger partial charge on any atom is 0.221 e. The van der Waals surface area contributed by atoms with Crippen LogP contribution in [0.2, 0.25) is 0 Å². The molecule has 1 fully saturated rings. The molecule has 1 saturated carbocycles. The third kappa shape index (κ3) is 4.87. The van der Waals surface area contributed by atoms with Crippen LogP contribution in [-0.2, 0) is 6.54 Å². The van der Waals surface area contributed by atoms with Crippen molar-refractivity contribution in [3.63, 3.8) is 0 Å². The van der Waals surface area contributed by atoms with Gasteiger partial charge in [-0.2, -0.15) is 5.26 Å². The monoisotopic (exact) mass is 391 g/mol. The Morgan fingerprint density at radius 2 is 2.10 bits per heavy atom. The van der Waals surface area contributed by atoms with Gasteiger partial charge in [0.2, 0.25) is 5.88 Å². The molecule has 2 aromatic rings. The van der Waals surface area contributed by atoms with Gasteiger partial charge < -0.3 is 15.1 Å². The van der Waals surface area contributed by atoms with Crippen LogP contribution < -0.4 is 20.5 Å². The molecular formula is C23H29N5O. The Morgan fingerprint density at radius 1 is 1.28 bits per heavy atom. The minimum absolute atomic E-state index is 0.659. The van der Waals surface area contributed by atoms with Gasteiger partial charge in [-0.1, -0.05) is 19.1 Å². The van der Waals surface area contributed by atoms with E-state index in [-0.39, 0.29) is 0 Å². The zero-order valence-corrected chi connectivity index (χ0v) is 17.1. The van der Waals surface area contributed by atoms with Crippen LogP contribution >= 0.6 is 0 Å². The lowest BCUT2D eigenvalue weighted by Crippen LogP contribution is -2.34. The van der Waals surface area contributed by atoms with Gasteiger partial charge >= 0.3 is 0 Å². The van der Waals surface area contributed by atoms with E-state index < -0.39 is 0 Å². The molecule has 4 rings (SSSR count). The van der Waals surface area contributed by atoms with Gasteiger partial charge in [-0.05, 0) is 68.5 Å². The first-order valence-electron chi connectivity index (χ1n) is 10.7. The predicted molar refractivity (Wildman–Crippen MR) is 115 cm³/mol. The fourth-order valence-electron chi connectivity index (χ4n) is 3.53. The smallest absolute Gasteiger partial charge is 0.221 e. The summed E-state index contributed by atoms with van der Waals surface area (Å²) in [6, 6.07) is 12.0. The number of benzene rings is 1. The van der Waals surface area contributed by atoms with Gasteiger partial charge in [0.1, 0.15) is 0 Å². The van der Waals surface area contributed by atoms with E-state index in [1.807, 2.05) is 24.3 Å². The summed E-state index contributed by atoms with van der Waals surface area (Å²) in [5.74, 6) is 1.37. The van der Waals surface area contributed by atoms with Crippen molar-refractivity contribution >= 4 is 5.69 Å². The lowest BCUT2D eigenvalue weighted by molar-refractivity contribution is 0.289. The molecule has 1 aliphatic heterocycles. The normalized spacial score (nSPS) is 15.2. The lowest BCUT2D eigenvalue weighted by Gasteiger charge is -2.20. The van der Waals surface area contributed by atoms with Crippen molar-refractivity contribution < 1.29 is 4.74 Å². The van der Waals surface area contributed by atoms with Gasteiger partial charge in [0.05, 0.1) is 36.2 Å². The fraction of sp³-hybridized carbons (Fsp3) is 0.478. The van der Waals surface area contributed by atoms with E-state index in [9.17, 15) is 0 Å². The predicted octanol–water partition coefficient (Wildman–Crippen LogP) is 3.62. The van der Waals surface area contributed by atoms with Crippen molar-refractivity contribution in [2.75, 3.05) is 31.3 Å². The average Bonchev–Trinajstić information content (AvgIpc) is 3.51. The van der Waals surface area contributed by atoms with Crippen LogP contribution in [0.5, 0.6) is 5.88 Å². The summed E-state index contributed by atoms with van der Waals surface area (Å²) < 4.78 is 6.13. The molecule has 0 saturated heterocycles. The summed E-state index contributed by atoms with van der Waals surface area (Å²) >= 11 is 0. The highest BCUT2D eigenvalue weighted by Gasteiger charge is 2.26. The van der Waals surface area contributed by atoms with Crippen molar-refractivity contribution in [1.29, 1.82) is 5.26 Å². The summed E-state index contributed by atoms with van der Waals surface area (Å²) in [4.78, 5) is 4.87. The molecular weight excluding hydrogens is 362 g/mol. The number of nitrogens with zero attached hydrogens (tertiary/aromatic N) is 3. The Labute approximate surface area is 172 Å². The standard InChI is InChI=1S/C23H29N5O/c1-2-10-25-11-3-12-28-22-13-20(19-8-6-17(14-24)7-9-19)23(27-21(22)15-26-28)29-16-18-4-5-18/h6-9,13,18,25-26H,2-5,10-12,15-16H2,1H3. The molecule has 6 heteroatoms. The molecule has 152 valence electrons. The van der Waals surface area contributed by atoms with E-state index in [0.717, 1.165) is 68.1 Å². The number of hydrazine groups is 1. The minimum Gasteiger partial charge on any atom is -0.477 e. The Bertz CT molecular complexity index is 870. The summed E-state index contributed by atoms with van der Waals surface area (Å²) in [5.41, 5.74) is 8.30. The Hall–Kier alpha value is -2.62. The molecule has 1 aliphatic carbocycles. The summed E-state index contributed by atoms with van der Waals surface area (Å²) in [5, 5.41) is 14.8. The van der Waals surface area contributed by atoms with Crippen LogP contribution in [0.4, 0.5) is 5.69 Å². The first-order chi connectivity index (χ1) is 14.3. The molecule has 1 aromatic carbocycles. The van der Waals surface area contributed by atoms with E-state index in [2.05, 4.69) is 34.8 Å². The number of rotatable bonds is 10. The number of nitrogens with one attached hydrogen (secondary N) is 2. The highest BCUT2D eigenvalue weighted by molar-refractivity contribution is 5.75. The topological polar surface area (TPSA) is 73.2 Å². The van der Waals surface area contributed by atoms with E-state index in [0.29, 0.717) is 17.4 Å². The van der Waals surface area contributed by atoms with Crippen molar-refractivity contribution in [2.45, 2.75) is 39.2 Å². The first-order valence-corrected chi connectivity index (χ1v) is 10.7. The fourth-order valence-corrected chi connectivity index (χ4v) is 3.53. The summed E-state index contributed by atoms with van der Waals surface area (Å²) in [6.45, 7) is 6.65. The van der Waals surface area contributed by atoms with Crippen LogP contribution in [0, 0.1) is 17.2 Å². The number of hydrogen-bond acceptors (Lipinski definition) is 6. The maximum absolute atomic E-state index is 9.10. The molecule has 2 N–H and O–H groups in total. The van der Waals surface area contributed by atoms with Gasteiger partial charge in [0.15, 0.2) is 0 Å². The maximum atomic E-state index is 9.10. The zero-order chi connectivity index (χ0) is 20.1. The van der Waals surface area contributed by atoms with E-state index >= 15 is 0 Å². The number of hydrogen-bond donors (Lipinski definition) is 2. The quantitative estimate of drug-likeness (QED) is 0.603. The average molecular weight is 392 g/mol. The zero-order valence-electron chi connectivity index (χ0n) is 17.1. The van der Waals surface area contributed by atoms with Gasteiger partial charge in [-0.15, -0.1) is 0 Å². The third-order valence-corrected chi connectivity index (χ3v) is 5.41. The Balaban J connectivity index is 1.56. The second-order valence-corrected chi connectivity index (χ2v) is 7.84. The van der Waals surface area contributed by atoms with Crippen LogP contribution in [0.25, 0.3) is 11.1 Å². The largest absolute Gasteiger partial charge is 0.477 e. The molecule has 1 aromatic heterocycles. The molecule has 0 amide bonds. The highest BCUT2D eigenvalue weighted by atomic mass is 16.5. The van der Waals surface area contributed by atoms with Crippen molar-refractivity contribution in [3.05, 3.63) is 41.6 Å². The van der Waals surface area contributed by atoms with Crippen molar-refractivity contribution in [2.24, 2.45) is 5.92 Å². The number of aromatic nitrogens is 1. The number of fused-ring (bicyclic) bond motifs is 1. The molecule has 6 nitrogen and oxygen atoms in total. The molecule has 0 spiro atoms. The SMILES string of the molecule is CCCNCCCN1NCc2nc(OCC3CC3)c(-c3ccc(C#N)cc3)cc21. The van der Waals surface area contributed by atoms with E-state index in [1.165, 1.54) is 12.8 Å². The van der Waals surface area contributed by atoms with Crippen LogP contribution in [0.15, 0.2) is 30.3 Å². The van der Waals surface area contributed by atoms with E-state index in [1.54, 1.807) is 0 Å². The van der Waals surface area contributed by atoms with Crippen molar-refractivity contribution in [3.8, 4) is 23.1 Å². The van der Waals surface area contributed by atoms with Gasteiger partial charge in [0.25, 0.3) is 0 Å². The van der Waals surface area contributed by atoms with Crippen LogP contribution in [-0.4, -0.2) is 31.2 Å². The second-order valence-electron chi connectivity index (χ2n) is 7.84. The molecule has 29 heavy (non-hydrogen) atoms. The third-order valence-electron chi connectivity index (χ3n) is 5.41. The molecule has 0 radical (unpaired) electrons. The molecule has 0 unspecified atom stereocenters. The van der Waals surface area contributed by atoms with Crippen LogP contribution in [0.3, 0.4) is 0 Å². The summed E-state index contributed by atoms with van der Waals surface area (Å²) in [7, 11) is 0. The summed E-state index contributed by atoms with van der Waals surface area (Å²) in [6.07, 6.45) is 4.72. The molecule has 0 atom stereocenters. The second kappa shape index (κ2) is 9.25. The molecule has 2 aliphatic rings. The number of anilines is 1. The lowest BCUT2D eigenvalue weighted by atomic mass is 10.0. The number of ether oxygens (including phenoxy) is 1. The van der Waals surface area contributed by atoms with Crippen LogP contribution in [0.1, 0.15) is 43.9 Å². The van der Waals surface area contributed by atoms with Gasteiger partial charge in [-0.25, -0.2) is 10.4 Å². The van der Waals surface area contributed by atoms with Crippen molar-refractivity contribution in [1.82, 2.24) is 15.7 Å². The Morgan fingerprint density at radius 3 is 2.83 bits per heavy atom. The van der Waals surface area contributed by atoms with Gasteiger partial charge in [0, 0.05) is 12.1 Å². The highest BCUT2D eigenvalue weighted by Crippen LogP contribution is 2.37.